The summed E-state index contributed by atoms with van der Waals surface area (Å²) in [5, 5.41) is 4.56. The molecule has 3 aromatic carbocycles. The number of nitrogens with zero attached hydrogens (tertiary/aromatic N) is 6. The molecule has 0 unspecified atom stereocenters. The molecule has 3 fully saturated rings. The molecule has 1 saturated carbocycles. The van der Waals surface area contributed by atoms with Crippen LogP contribution >= 0.6 is 0 Å². The molecule has 6 aromatic rings. The fourth-order valence-corrected chi connectivity index (χ4v) is 8.84. The number of hydrogen-bond donors (Lipinski definition) is 2. The number of carbonyl (C=O) groups excluding carboxylic acids is 2. The fourth-order valence-electron chi connectivity index (χ4n) is 8.84. The summed E-state index contributed by atoms with van der Waals surface area (Å²) in [7, 11) is 0. The standard InChI is InChI=1S/C39H39FN6O4.C6H8N2O2.H2/c1-23-19-30(20-24(2)34(23)40)46-36(47)31-11-14-43(37(48)33-22-28-21-27(9-10-32(28)41-33)26-12-17-50-18-13-26)25(3)35(31)42-38(46)45-16-15-44(39(45)49)29-7-5-4-6-8-29;1-3-2-4(3)5-7-6(9)10-8-5;/h4-10,19-22,25-26,41H,11-18H2,1-3H3;3-4H,2H2,1H3,(H,7,8,9);1H/t25-;3-,4+;/m11./s1. The van der Waals surface area contributed by atoms with E-state index >= 15 is 0 Å². The minimum absolute atomic E-state index is 0. The number of benzene rings is 3. The number of aryl methyl sites for hydroxylation is 2. The largest absolute Gasteiger partial charge is 0.438 e. The quantitative estimate of drug-likeness (QED) is 0.177. The van der Waals surface area contributed by atoms with Gasteiger partial charge in [0.25, 0.3) is 11.5 Å². The Morgan fingerprint density at radius 2 is 1.60 bits per heavy atom. The van der Waals surface area contributed by atoms with Gasteiger partial charge in [-0.3, -0.25) is 28.9 Å². The molecule has 2 saturated heterocycles. The number of halogens is 1. The van der Waals surface area contributed by atoms with E-state index in [0.29, 0.717) is 77.0 Å². The molecule has 3 amide bonds. The normalized spacial score (nSPS) is 20.3. The molecule has 3 atom stereocenters. The molecule has 60 heavy (non-hydrogen) atoms. The van der Waals surface area contributed by atoms with Crippen LogP contribution in [-0.4, -0.2) is 74.4 Å². The van der Waals surface area contributed by atoms with Crippen LogP contribution in [-0.2, 0) is 11.2 Å². The molecule has 15 heteroatoms. The summed E-state index contributed by atoms with van der Waals surface area (Å²) in [6.07, 6.45) is 3.37. The molecule has 10 rings (SSSR count). The van der Waals surface area contributed by atoms with Crippen molar-refractivity contribution in [3.05, 3.63) is 133 Å². The maximum absolute atomic E-state index is 14.8. The second kappa shape index (κ2) is 15.7. The number of rotatable bonds is 6. The molecule has 14 nitrogen and oxygen atoms in total. The molecule has 1 aliphatic carbocycles. The van der Waals surface area contributed by atoms with Crippen LogP contribution < -0.4 is 21.1 Å². The number of carbonyl (C=O) groups is 2. The summed E-state index contributed by atoms with van der Waals surface area (Å²) in [5.41, 5.74) is 5.17. The minimum Gasteiger partial charge on any atom is -0.381 e. The van der Waals surface area contributed by atoms with Gasteiger partial charge in [-0.2, -0.15) is 0 Å². The number of aromatic nitrogens is 5. The van der Waals surface area contributed by atoms with Gasteiger partial charge in [0.05, 0.1) is 17.4 Å². The Labute approximate surface area is 346 Å². The Hall–Kier alpha value is -6.35. The lowest BCUT2D eigenvalue weighted by molar-refractivity contribution is 0.0666. The number of nitrogens with one attached hydrogen (secondary N) is 2. The van der Waals surface area contributed by atoms with Gasteiger partial charge in [-0.05, 0) is 117 Å². The van der Waals surface area contributed by atoms with E-state index in [-0.39, 0.29) is 37.1 Å². The summed E-state index contributed by atoms with van der Waals surface area (Å²) in [4.78, 5) is 68.8. The van der Waals surface area contributed by atoms with E-state index < -0.39 is 11.8 Å². The average molecular weight is 817 g/mol. The first-order valence-corrected chi connectivity index (χ1v) is 20.6. The highest BCUT2D eigenvalue weighted by Crippen LogP contribution is 2.45. The van der Waals surface area contributed by atoms with Crippen LogP contribution in [0.3, 0.4) is 0 Å². The van der Waals surface area contributed by atoms with Crippen molar-refractivity contribution in [2.45, 2.75) is 71.3 Å². The first-order valence-electron chi connectivity index (χ1n) is 20.6. The van der Waals surface area contributed by atoms with E-state index in [1.807, 2.05) is 49.4 Å². The minimum atomic E-state index is -0.545. The van der Waals surface area contributed by atoms with Gasteiger partial charge >= 0.3 is 11.8 Å². The number of hydrogen-bond acceptors (Lipinski definition) is 8. The Bertz CT molecular complexity index is 2720. The molecular weight excluding hydrogens is 768 g/mol. The van der Waals surface area contributed by atoms with Crippen molar-refractivity contribution in [3.63, 3.8) is 0 Å². The molecule has 0 spiro atoms. The van der Waals surface area contributed by atoms with Crippen LogP contribution in [0.5, 0.6) is 0 Å². The van der Waals surface area contributed by atoms with E-state index in [9.17, 15) is 23.6 Å². The topological polar surface area (TPSA) is 163 Å². The second-order valence-electron chi connectivity index (χ2n) is 16.4. The lowest BCUT2D eigenvalue weighted by Gasteiger charge is -2.35. The highest BCUT2D eigenvalue weighted by Gasteiger charge is 2.39. The molecule has 3 aliphatic heterocycles. The lowest BCUT2D eigenvalue weighted by Crippen LogP contribution is -2.44. The fraction of sp³-hybridized carbons (Fsp3) is 0.378. The van der Waals surface area contributed by atoms with Crippen molar-refractivity contribution >= 4 is 34.5 Å². The Morgan fingerprint density at radius 1 is 0.883 bits per heavy atom. The average Bonchev–Trinajstić information content (AvgIpc) is 3.54. The van der Waals surface area contributed by atoms with Crippen LogP contribution in [0.25, 0.3) is 16.6 Å². The lowest BCUT2D eigenvalue weighted by atomic mass is 9.91. The molecule has 312 valence electrons. The van der Waals surface area contributed by atoms with Crippen molar-refractivity contribution in [1.82, 2.24) is 29.6 Å². The van der Waals surface area contributed by atoms with Crippen LogP contribution in [0.15, 0.2) is 80.8 Å². The maximum atomic E-state index is 14.8. The summed E-state index contributed by atoms with van der Waals surface area (Å²) in [6.45, 7) is 9.83. The van der Waals surface area contributed by atoms with Crippen LogP contribution in [0.2, 0.25) is 0 Å². The van der Waals surface area contributed by atoms with E-state index in [4.69, 9.17) is 9.72 Å². The van der Waals surface area contributed by atoms with Gasteiger partial charge in [-0.25, -0.2) is 23.5 Å². The van der Waals surface area contributed by atoms with Crippen molar-refractivity contribution in [2.24, 2.45) is 5.92 Å². The Balaban J connectivity index is 0.000000408. The summed E-state index contributed by atoms with van der Waals surface area (Å²) in [5.74, 6) is 1.40. The molecule has 0 radical (unpaired) electrons. The maximum Gasteiger partial charge on any atom is 0.438 e. The number of aromatic amines is 2. The van der Waals surface area contributed by atoms with Gasteiger partial charge in [-0.15, -0.1) is 0 Å². The third-order valence-corrected chi connectivity index (χ3v) is 12.4. The molecule has 4 aliphatic rings. The number of ether oxygens (including phenoxy) is 1. The first kappa shape index (κ1) is 39.1. The number of fused-ring (bicyclic) bond motifs is 2. The van der Waals surface area contributed by atoms with Crippen molar-refractivity contribution in [2.75, 3.05) is 42.6 Å². The van der Waals surface area contributed by atoms with Crippen molar-refractivity contribution in [1.29, 1.82) is 0 Å². The molecule has 0 bridgehead atoms. The van der Waals surface area contributed by atoms with Gasteiger partial charge in [0, 0.05) is 62.3 Å². The van der Waals surface area contributed by atoms with Crippen LogP contribution in [0.1, 0.15) is 96.7 Å². The van der Waals surface area contributed by atoms with Crippen molar-refractivity contribution in [3.8, 4) is 5.69 Å². The van der Waals surface area contributed by atoms with Gasteiger partial charge < -0.3 is 14.6 Å². The third kappa shape index (κ3) is 7.20. The zero-order chi connectivity index (χ0) is 41.8. The van der Waals surface area contributed by atoms with Crippen LogP contribution in [0, 0.1) is 25.6 Å². The molecule has 3 aromatic heterocycles. The number of anilines is 2. The smallest absolute Gasteiger partial charge is 0.381 e. The number of urea groups is 1. The van der Waals surface area contributed by atoms with Gasteiger partial charge in [0.15, 0.2) is 5.82 Å². The monoisotopic (exact) mass is 816 g/mol. The Kier molecular flexibility index (Phi) is 10.2. The highest BCUT2D eigenvalue weighted by atomic mass is 19.1. The zero-order valence-corrected chi connectivity index (χ0v) is 34.0. The van der Waals surface area contributed by atoms with Gasteiger partial charge in [0.2, 0.25) is 5.95 Å². The molecular formula is C45H49FN8O6. The third-order valence-electron chi connectivity index (χ3n) is 12.4. The Morgan fingerprint density at radius 3 is 2.28 bits per heavy atom. The van der Waals surface area contributed by atoms with Crippen LogP contribution in [0.4, 0.5) is 20.8 Å². The molecule has 2 N–H and O–H groups in total. The SMILES string of the molecule is C[C@@H]1C[C@@H]1c1noc(=O)[nH]1.Cc1cc(-n2c(N3CCN(c4ccccc4)C3=O)nc3c(c2=O)CCN(C(=O)c2cc4cc(C5CCOCC5)ccc4[nH]2)[C@@H]3C)cc(C)c1F.[HH]. The first-order chi connectivity index (χ1) is 29.0. The van der Waals surface area contributed by atoms with Crippen molar-refractivity contribution < 1.29 is 24.7 Å². The van der Waals surface area contributed by atoms with E-state index in [0.717, 1.165) is 49.1 Å². The van der Waals surface area contributed by atoms with Gasteiger partial charge in [-0.1, -0.05) is 36.3 Å². The summed E-state index contributed by atoms with van der Waals surface area (Å²) >= 11 is 0. The predicted molar refractivity (Wildman–Crippen MR) is 226 cm³/mol. The molecule has 6 heterocycles. The zero-order valence-electron chi connectivity index (χ0n) is 34.0. The number of amides is 3. The number of H-pyrrole nitrogens is 2. The van der Waals surface area contributed by atoms with E-state index in [1.54, 1.807) is 35.8 Å². The van der Waals surface area contributed by atoms with E-state index in [2.05, 4.69) is 38.7 Å². The highest BCUT2D eigenvalue weighted by molar-refractivity contribution is 6.05. The summed E-state index contributed by atoms with van der Waals surface area (Å²) < 4.78 is 26.1. The van der Waals surface area contributed by atoms with E-state index in [1.165, 1.54) is 15.0 Å². The second-order valence-corrected chi connectivity index (χ2v) is 16.4. The summed E-state index contributed by atoms with van der Waals surface area (Å²) in [6, 6.07) is 19.9. The number of para-hydroxylation sites is 1. The van der Waals surface area contributed by atoms with Gasteiger partial charge in [0.1, 0.15) is 11.5 Å². The predicted octanol–water partition coefficient (Wildman–Crippen LogP) is 7.30.